The summed E-state index contributed by atoms with van der Waals surface area (Å²) in [4.78, 5) is 13.7. The summed E-state index contributed by atoms with van der Waals surface area (Å²) in [6, 6.07) is 8.57. The largest absolute Gasteiger partial charge is 0.312 e. The highest BCUT2D eigenvalue weighted by Crippen LogP contribution is 2.29. The predicted molar refractivity (Wildman–Crippen MR) is 76.0 cm³/mol. The molecule has 0 spiro atoms. The fourth-order valence-electron chi connectivity index (χ4n) is 2.82. The van der Waals surface area contributed by atoms with Crippen molar-refractivity contribution in [1.82, 2.24) is 0 Å². The van der Waals surface area contributed by atoms with Gasteiger partial charge in [-0.3, -0.25) is 4.79 Å². The predicted octanol–water partition coefficient (Wildman–Crippen LogP) is 4.11. The van der Waals surface area contributed by atoms with E-state index in [4.69, 9.17) is 0 Å². The number of nitrogens with zero attached hydrogens (tertiary/aromatic N) is 1. The molecule has 1 unspecified atom stereocenters. The third-order valence-corrected chi connectivity index (χ3v) is 3.86. The van der Waals surface area contributed by atoms with Crippen LogP contribution in [0.5, 0.6) is 0 Å². The fraction of sp³-hybridized carbons (Fsp3) is 0.562. The second-order valence-corrected chi connectivity index (χ2v) is 5.14. The number of carbonyl (C=O) groups is 1. The van der Waals surface area contributed by atoms with Crippen molar-refractivity contribution in [2.45, 2.75) is 51.9 Å². The molecule has 1 saturated heterocycles. The Hall–Kier alpha value is -1.31. The lowest BCUT2D eigenvalue weighted by Gasteiger charge is -2.20. The SMILES string of the molecule is CCCC(CC)c1cccc(N2CCCC2=O)c1. The smallest absolute Gasteiger partial charge is 0.227 e. The Morgan fingerprint density at radius 3 is 2.78 bits per heavy atom. The van der Waals surface area contributed by atoms with E-state index in [9.17, 15) is 4.79 Å². The molecule has 1 aromatic rings. The number of hydrogen-bond donors (Lipinski definition) is 0. The molecule has 1 aliphatic heterocycles. The van der Waals surface area contributed by atoms with Crippen molar-refractivity contribution in [3.63, 3.8) is 0 Å². The molecule has 1 aliphatic rings. The van der Waals surface area contributed by atoms with Gasteiger partial charge in [0.2, 0.25) is 5.91 Å². The van der Waals surface area contributed by atoms with Crippen molar-refractivity contribution in [3.8, 4) is 0 Å². The molecule has 0 aromatic heterocycles. The Labute approximate surface area is 110 Å². The molecule has 1 heterocycles. The summed E-state index contributed by atoms with van der Waals surface area (Å²) < 4.78 is 0. The van der Waals surface area contributed by atoms with Crippen molar-refractivity contribution < 1.29 is 4.79 Å². The van der Waals surface area contributed by atoms with E-state index < -0.39 is 0 Å². The van der Waals surface area contributed by atoms with E-state index in [1.165, 1.54) is 24.8 Å². The molecule has 1 atom stereocenters. The number of rotatable bonds is 5. The van der Waals surface area contributed by atoms with Gasteiger partial charge in [0.05, 0.1) is 0 Å². The highest BCUT2D eigenvalue weighted by Gasteiger charge is 2.22. The molecule has 1 amide bonds. The summed E-state index contributed by atoms with van der Waals surface area (Å²) in [6.45, 7) is 5.36. The first-order chi connectivity index (χ1) is 8.76. The molecule has 0 radical (unpaired) electrons. The highest BCUT2D eigenvalue weighted by atomic mass is 16.2. The van der Waals surface area contributed by atoms with Gasteiger partial charge in [0.25, 0.3) is 0 Å². The van der Waals surface area contributed by atoms with Gasteiger partial charge in [-0.25, -0.2) is 0 Å². The maximum atomic E-state index is 11.8. The van der Waals surface area contributed by atoms with Crippen LogP contribution in [0.2, 0.25) is 0 Å². The average Bonchev–Trinajstić information content (AvgIpc) is 2.82. The van der Waals surface area contributed by atoms with Gasteiger partial charge in [-0.1, -0.05) is 32.4 Å². The maximum Gasteiger partial charge on any atom is 0.227 e. The van der Waals surface area contributed by atoms with Gasteiger partial charge in [0, 0.05) is 18.7 Å². The summed E-state index contributed by atoms with van der Waals surface area (Å²) >= 11 is 0. The maximum absolute atomic E-state index is 11.8. The zero-order valence-electron chi connectivity index (χ0n) is 11.5. The molecule has 1 aromatic carbocycles. The summed E-state index contributed by atoms with van der Waals surface area (Å²) in [5.74, 6) is 0.906. The minimum Gasteiger partial charge on any atom is -0.312 e. The average molecular weight is 245 g/mol. The first-order valence-electron chi connectivity index (χ1n) is 7.16. The summed E-state index contributed by atoms with van der Waals surface area (Å²) in [5.41, 5.74) is 2.47. The summed E-state index contributed by atoms with van der Waals surface area (Å²) in [5, 5.41) is 0. The number of benzene rings is 1. The Balaban J connectivity index is 2.21. The van der Waals surface area contributed by atoms with Crippen LogP contribution in [0.25, 0.3) is 0 Å². The Bertz CT molecular complexity index is 413. The van der Waals surface area contributed by atoms with Crippen molar-refractivity contribution in [2.75, 3.05) is 11.4 Å². The third kappa shape index (κ3) is 2.74. The molecule has 2 nitrogen and oxygen atoms in total. The Morgan fingerprint density at radius 1 is 1.33 bits per heavy atom. The zero-order chi connectivity index (χ0) is 13.0. The number of carbonyl (C=O) groups excluding carboxylic acids is 1. The standard InChI is InChI=1S/C16H23NO/c1-3-7-13(4-2)14-8-5-9-15(12-14)17-11-6-10-16(17)18/h5,8-9,12-13H,3-4,6-7,10-11H2,1-2H3. The lowest BCUT2D eigenvalue weighted by molar-refractivity contribution is -0.117. The van der Waals surface area contributed by atoms with Crippen molar-refractivity contribution in [1.29, 1.82) is 0 Å². The second-order valence-electron chi connectivity index (χ2n) is 5.14. The van der Waals surface area contributed by atoms with E-state index in [1.807, 2.05) is 4.90 Å². The molecule has 1 fully saturated rings. The number of amides is 1. The zero-order valence-corrected chi connectivity index (χ0v) is 11.5. The quantitative estimate of drug-likeness (QED) is 0.764. The molecular weight excluding hydrogens is 222 g/mol. The van der Waals surface area contributed by atoms with Gasteiger partial charge in [-0.15, -0.1) is 0 Å². The van der Waals surface area contributed by atoms with Crippen LogP contribution in [0.4, 0.5) is 5.69 Å². The van der Waals surface area contributed by atoms with E-state index in [1.54, 1.807) is 0 Å². The van der Waals surface area contributed by atoms with Crippen LogP contribution in [0.1, 0.15) is 57.4 Å². The van der Waals surface area contributed by atoms with E-state index in [0.29, 0.717) is 12.3 Å². The van der Waals surface area contributed by atoms with Crippen LogP contribution >= 0.6 is 0 Å². The van der Waals surface area contributed by atoms with E-state index in [2.05, 4.69) is 38.1 Å². The number of hydrogen-bond acceptors (Lipinski definition) is 1. The third-order valence-electron chi connectivity index (χ3n) is 3.86. The molecule has 98 valence electrons. The monoisotopic (exact) mass is 245 g/mol. The Kier molecular flexibility index (Phi) is 4.40. The van der Waals surface area contributed by atoms with Gasteiger partial charge in [-0.2, -0.15) is 0 Å². The first-order valence-corrected chi connectivity index (χ1v) is 7.16. The highest BCUT2D eigenvalue weighted by molar-refractivity contribution is 5.95. The van der Waals surface area contributed by atoms with Crippen molar-refractivity contribution in [3.05, 3.63) is 29.8 Å². The van der Waals surface area contributed by atoms with Gasteiger partial charge >= 0.3 is 0 Å². The van der Waals surface area contributed by atoms with E-state index in [-0.39, 0.29) is 5.91 Å². The van der Waals surface area contributed by atoms with Crippen LogP contribution in [0.15, 0.2) is 24.3 Å². The van der Waals surface area contributed by atoms with Crippen LogP contribution in [-0.4, -0.2) is 12.5 Å². The molecule has 0 aliphatic carbocycles. The van der Waals surface area contributed by atoms with Gasteiger partial charge in [0.1, 0.15) is 0 Å². The van der Waals surface area contributed by atoms with Gasteiger partial charge < -0.3 is 4.90 Å². The van der Waals surface area contributed by atoms with Crippen LogP contribution in [0.3, 0.4) is 0 Å². The van der Waals surface area contributed by atoms with Crippen LogP contribution < -0.4 is 4.90 Å². The van der Waals surface area contributed by atoms with Gasteiger partial charge in [-0.05, 0) is 42.9 Å². The minimum atomic E-state index is 0.274. The summed E-state index contributed by atoms with van der Waals surface area (Å²) in [6.07, 6.45) is 5.32. The molecule has 0 saturated carbocycles. The lowest BCUT2D eigenvalue weighted by atomic mass is 9.92. The topological polar surface area (TPSA) is 20.3 Å². The molecule has 2 rings (SSSR count). The lowest BCUT2D eigenvalue weighted by Crippen LogP contribution is -2.23. The molecule has 2 heteroatoms. The molecule has 0 bridgehead atoms. The minimum absolute atomic E-state index is 0.274. The van der Waals surface area contributed by atoms with Crippen molar-refractivity contribution in [2.24, 2.45) is 0 Å². The van der Waals surface area contributed by atoms with Crippen LogP contribution in [-0.2, 0) is 4.79 Å². The molecule has 18 heavy (non-hydrogen) atoms. The second kappa shape index (κ2) is 6.03. The molecule has 0 N–H and O–H groups in total. The van der Waals surface area contributed by atoms with E-state index in [0.717, 1.165) is 18.7 Å². The van der Waals surface area contributed by atoms with Gasteiger partial charge in [0.15, 0.2) is 0 Å². The molecular formula is C16H23NO. The number of anilines is 1. The van der Waals surface area contributed by atoms with E-state index >= 15 is 0 Å². The van der Waals surface area contributed by atoms with Crippen molar-refractivity contribution >= 4 is 11.6 Å². The van der Waals surface area contributed by atoms with Crippen LogP contribution in [0, 0.1) is 0 Å². The normalized spacial score (nSPS) is 17.2. The Morgan fingerprint density at radius 2 is 2.17 bits per heavy atom. The first kappa shape index (κ1) is 13.1. The summed E-state index contributed by atoms with van der Waals surface area (Å²) in [7, 11) is 0. The fourth-order valence-corrected chi connectivity index (χ4v) is 2.82.